The van der Waals surface area contributed by atoms with Crippen LogP contribution in [0.4, 0.5) is 5.69 Å². The second-order valence-corrected chi connectivity index (χ2v) is 8.07. The van der Waals surface area contributed by atoms with E-state index in [2.05, 4.69) is 5.32 Å². The highest BCUT2D eigenvalue weighted by Gasteiger charge is 2.16. The molecule has 0 unspecified atom stereocenters. The summed E-state index contributed by atoms with van der Waals surface area (Å²) in [6.07, 6.45) is 0.787. The van der Waals surface area contributed by atoms with Crippen molar-refractivity contribution in [2.24, 2.45) is 0 Å². The lowest BCUT2D eigenvalue weighted by Gasteiger charge is -2.12. The standard InChI is InChI=1S/C25H23Cl2NO3/c1-16-13-20(14-17(2)24(16)27)31-12-6-9-23(29)28-22-11-10-19(26)15-21(22)25(30)18-7-4-3-5-8-18/h3-5,7-8,10-11,13-15H,6,9,12H2,1-2H3,(H,28,29). The van der Waals surface area contributed by atoms with Crippen molar-refractivity contribution in [3.63, 3.8) is 0 Å². The molecule has 1 amide bonds. The number of carbonyl (C=O) groups excluding carboxylic acids is 2. The molecule has 0 aromatic heterocycles. The van der Waals surface area contributed by atoms with Gasteiger partial charge in [0.05, 0.1) is 12.3 Å². The van der Waals surface area contributed by atoms with Crippen LogP contribution >= 0.6 is 23.2 Å². The van der Waals surface area contributed by atoms with Crippen molar-refractivity contribution < 1.29 is 14.3 Å². The summed E-state index contributed by atoms with van der Waals surface area (Å²) < 4.78 is 5.75. The van der Waals surface area contributed by atoms with Gasteiger partial charge in [0, 0.05) is 27.6 Å². The molecule has 6 heteroatoms. The van der Waals surface area contributed by atoms with Crippen LogP contribution in [0.25, 0.3) is 0 Å². The highest BCUT2D eigenvalue weighted by Crippen LogP contribution is 2.26. The predicted molar refractivity (Wildman–Crippen MR) is 126 cm³/mol. The van der Waals surface area contributed by atoms with Gasteiger partial charge in [-0.05, 0) is 61.7 Å². The summed E-state index contributed by atoms with van der Waals surface area (Å²) in [6.45, 7) is 4.25. The second-order valence-electron chi connectivity index (χ2n) is 7.26. The molecule has 3 rings (SSSR count). The number of ketones is 1. The summed E-state index contributed by atoms with van der Waals surface area (Å²) >= 11 is 12.3. The lowest BCUT2D eigenvalue weighted by Crippen LogP contribution is -2.16. The van der Waals surface area contributed by atoms with Gasteiger partial charge in [0.2, 0.25) is 5.91 Å². The molecule has 0 atom stereocenters. The van der Waals surface area contributed by atoms with Crippen molar-refractivity contribution in [2.45, 2.75) is 26.7 Å². The van der Waals surface area contributed by atoms with Gasteiger partial charge in [0.25, 0.3) is 0 Å². The summed E-state index contributed by atoms with van der Waals surface area (Å²) in [5, 5.41) is 3.98. The van der Waals surface area contributed by atoms with Crippen LogP contribution in [0.2, 0.25) is 10.0 Å². The Kier molecular flexibility index (Phi) is 7.72. The average Bonchev–Trinajstić information content (AvgIpc) is 2.76. The van der Waals surface area contributed by atoms with E-state index in [0.29, 0.717) is 34.9 Å². The van der Waals surface area contributed by atoms with E-state index < -0.39 is 0 Å². The molecule has 31 heavy (non-hydrogen) atoms. The van der Waals surface area contributed by atoms with Crippen molar-refractivity contribution in [3.05, 3.63) is 93.0 Å². The molecule has 160 valence electrons. The minimum atomic E-state index is -0.199. The maximum absolute atomic E-state index is 12.9. The fourth-order valence-corrected chi connectivity index (χ4v) is 3.46. The number of rotatable bonds is 8. The molecule has 0 spiro atoms. The number of benzene rings is 3. The fourth-order valence-electron chi connectivity index (χ4n) is 3.18. The van der Waals surface area contributed by atoms with Gasteiger partial charge in [-0.1, -0.05) is 53.5 Å². The molecule has 0 radical (unpaired) electrons. The predicted octanol–water partition coefficient (Wildman–Crippen LogP) is 6.64. The van der Waals surface area contributed by atoms with Crippen LogP contribution in [-0.4, -0.2) is 18.3 Å². The highest BCUT2D eigenvalue weighted by molar-refractivity contribution is 6.32. The Bertz CT molecular complexity index is 1070. The topological polar surface area (TPSA) is 55.4 Å². The van der Waals surface area contributed by atoms with E-state index in [1.165, 1.54) is 0 Å². The number of aryl methyl sites for hydroxylation is 2. The normalized spacial score (nSPS) is 10.6. The van der Waals surface area contributed by atoms with Crippen molar-refractivity contribution in [1.29, 1.82) is 0 Å². The Balaban J connectivity index is 1.59. The fraction of sp³-hybridized carbons (Fsp3) is 0.200. The lowest BCUT2D eigenvalue weighted by atomic mass is 10.0. The zero-order valence-corrected chi connectivity index (χ0v) is 18.9. The number of anilines is 1. The van der Waals surface area contributed by atoms with Crippen LogP contribution in [0, 0.1) is 13.8 Å². The summed E-state index contributed by atoms with van der Waals surface area (Å²) in [5.74, 6) is 0.333. The molecule has 0 fully saturated rings. The summed E-state index contributed by atoms with van der Waals surface area (Å²) in [6, 6.07) is 17.5. The molecule has 4 nitrogen and oxygen atoms in total. The number of halogens is 2. The Morgan fingerprint density at radius 2 is 1.61 bits per heavy atom. The number of carbonyl (C=O) groups is 2. The van der Waals surface area contributed by atoms with E-state index in [1.54, 1.807) is 42.5 Å². The van der Waals surface area contributed by atoms with E-state index in [-0.39, 0.29) is 18.1 Å². The maximum atomic E-state index is 12.9. The lowest BCUT2D eigenvalue weighted by molar-refractivity contribution is -0.116. The quantitative estimate of drug-likeness (QED) is 0.305. The van der Waals surface area contributed by atoms with E-state index in [4.69, 9.17) is 27.9 Å². The number of amides is 1. The van der Waals surface area contributed by atoms with Crippen LogP contribution in [0.3, 0.4) is 0 Å². The molecule has 0 bridgehead atoms. The van der Waals surface area contributed by atoms with E-state index in [9.17, 15) is 9.59 Å². The van der Waals surface area contributed by atoms with Gasteiger partial charge in [-0.2, -0.15) is 0 Å². The Morgan fingerprint density at radius 3 is 2.29 bits per heavy atom. The van der Waals surface area contributed by atoms with Crippen LogP contribution in [0.15, 0.2) is 60.7 Å². The number of hydrogen-bond donors (Lipinski definition) is 1. The van der Waals surface area contributed by atoms with Gasteiger partial charge in [0.15, 0.2) is 5.78 Å². The Morgan fingerprint density at radius 1 is 0.935 bits per heavy atom. The van der Waals surface area contributed by atoms with Gasteiger partial charge in [0.1, 0.15) is 5.75 Å². The monoisotopic (exact) mass is 455 g/mol. The first-order valence-electron chi connectivity index (χ1n) is 9.94. The van der Waals surface area contributed by atoms with Crippen molar-refractivity contribution in [3.8, 4) is 5.75 Å². The molecule has 3 aromatic rings. The first kappa shape index (κ1) is 22.9. The summed E-state index contributed by atoms with van der Waals surface area (Å²) in [4.78, 5) is 25.3. The second kappa shape index (κ2) is 10.5. The molecule has 0 aliphatic heterocycles. The Labute approximate surface area is 192 Å². The van der Waals surface area contributed by atoms with Gasteiger partial charge in [-0.15, -0.1) is 0 Å². The highest BCUT2D eigenvalue weighted by atomic mass is 35.5. The minimum absolute atomic E-state index is 0.198. The molecule has 1 N–H and O–H groups in total. The molecule has 0 saturated heterocycles. The Hall–Kier alpha value is -2.82. The van der Waals surface area contributed by atoms with Crippen LogP contribution in [-0.2, 0) is 4.79 Å². The van der Waals surface area contributed by atoms with Crippen molar-refractivity contribution in [1.82, 2.24) is 0 Å². The molecule has 0 aliphatic rings. The molecular formula is C25H23Cl2NO3. The molecule has 0 saturated carbocycles. The van der Waals surface area contributed by atoms with E-state index >= 15 is 0 Å². The third kappa shape index (κ3) is 6.09. The third-order valence-corrected chi connectivity index (χ3v) is 5.59. The van der Waals surface area contributed by atoms with Gasteiger partial charge < -0.3 is 10.1 Å². The average molecular weight is 456 g/mol. The molecule has 0 heterocycles. The van der Waals surface area contributed by atoms with E-state index in [0.717, 1.165) is 21.9 Å². The smallest absolute Gasteiger partial charge is 0.224 e. The van der Waals surface area contributed by atoms with Crippen molar-refractivity contribution >= 4 is 40.6 Å². The number of nitrogens with one attached hydrogen (secondary N) is 1. The van der Waals surface area contributed by atoms with Crippen LogP contribution < -0.4 is 10.1 Å². The number of ether oxygens (including phenoxy) is 1. The van der Waals surface area contributed by atoms with Gasteiger partial charge >= 0.3 is 0 Å². The van der Waals surface area contributed by atoms with Gasteiger partial charge in [-0.3, -0.25) is 9.59 Å². The molecule has 3 aromatic carbocycles. The first-order valence-corrected chi connectivity index (χ1v) is 10.7. The molecule has 0 aliphatic carbocycles. The largest absolute Gasteiger partial charge is 0.494 e. The minimum Gasteiger partial charge on any atom is -0.494 e. The zero-order chi connectivity index (χ0) is 22.4. The third-order valence-electron chi connectivity index (χ3n) is 4.76. The van der Waals surface area contributed by atoms with Crippen LogP contribution in [0.1, 0.15) is 39.9 Å². The zero-order valence-electron chi connectivity index (χ0n) is 17.4. The summed E-state index contributed by atoms with van der Waals surface area (Å²) in [5.41, 5.74) is 3.23. The van der Waals surface area contributed by atoms with Crippen molar-refractivity contribution in [2.75, 3.05) is 11.9 Å². The first-order chi connectivity index (χ1) is 14.8. The maximum Gasteiger partial charge on any atom is 0.224 e. The molecular weight excluding hydrogens is 433 g/mol. The SMILES string of the molecule is Cc1cc(OCCCC(=O)Nc2ccc(Cl)cc2C(=O)c2ccccc2)cc(C)c1Cl. The summed E-state index contributed by atoms with van der Waals surface area (Å²) in [7, 11) is 0. The van der Waals surface area contributed by atoms with E-state index in [1.807, 2.05) is 32.0 Å². The van der Waals surface area contributed by atoms with Gasteiger partial charge in [-0.25, -0.2) is 0 Å². The number of hydrogen-bond acceptors (Lipinski definition) is 3. The van der Waals surface area contributed by atoms with Crippen LogP contribution in [0.5, 0.6) is 5.75 Å².